The highest BCUT2D eigenvalue weighted by Crippen LogP contribution is 2.39. The molecule has 46 heavy (non-hydrogen) atoms. The SMILES string of the molecule is c1ccc2nc3c4ccc(-c5ccc(-c6ccc7c8ccccc8c8ccccc8c7c6)cc5)cc4c4ccccc4c3nc2c1. The summed E-state index contributed by atoms with van der Waals surface area (Å²) < 4.78 is 0. The van der Waals surface area contributed by atoms with Crippen LogP contribution in [0, 0.1) is 0 Å². The van der Waals surface area contributed by atoms with Crippen LogP contribution in [-0.2, 0) is 0 Å². The number of rotatable bonds is 2. The van der Waals surface area contributed by atoms with Gasteiger partial charge in [-0.1, -0.05) is 133 Å². The topological polar surface area (TPSA) is 25.8 Å². The highest BCUT2D eigenvalue weighted by molar-refractivity contribution is 6.26. The van der Waals surface area contributed by atoms with E-state index in [4.69, 9.17) is 9.97 Å². The molecule has 212 valence electrons. The third kappa shape index (κ3) is 3.71. The van der Waals surface area contributed by atoms with Crippen LogP contribution in [0.5, 0.6) is 0 Å². The van der Waals surface area contributed by atoms with Crippen molar-refractivity contribution in [3.8, 4) is 22.3 Å². The van der Waals surface area contributed by atoms with E-state index in [1.54, 1.807) is 0 Å². The van der Waals surface area contributed by atoms with Gasteiger partial charge in [0.15, 0.2) is 0 Å². The van der Waals surface area contributed by atoms with Crippen molar-refractivity contribution >= 4 is 75.9 Å². The van der Waals surface area contributed by atoms with Crippen molar-refractivity contribution in [2.45, 2.75) is 0 Å². The Balaban J connectivity index is 1.11. The van der Waals surface area contributed by atoms with E-state index < -0.39 is 0 Å². The number of nitrogens with zero attached hydrogens (tertiary/aromatic N) is 2. The van der Waals surface area contributed by atoms with Gasteiger partial charge in [0.05, 0.1) is 22.1 Å². The van der Waals surface area contributed by atoms with Gasteiger partial charge in [-0.3, -0.25) is 0 Å². The molecular weight excluding hydrogens is 556 g/mol. The monoisotopic (exact) mass is 582 g/mol. The van der Waals surface area contributed by atoms with Crippen LogP contribution in [0.1, 0.15) is 0 Å². The maximum absolute atomic E-state index is 5.10. The minimum atomic E-state index is 0.918. The molecule has 10 rings (SSSR count). The molecule has 0 radical (unpaired) electrons. The van der Waals surface area contributed by atoms with Crippen LogP contribution in [0.25, 0.3) is 98.2 Å². The Morgan fingerprint density at radius 2 is 0.543 bits per heavy atom. The molecule has 1 heterocycles. The van der Waals surface area contributed by atoms with Crippen LogP contribution in [-0.4, -0.2) is 9.97 Å². The summed E-state index contributed by atoms with van der Waals surface area (Å²) in [5.74, 6) is 0. The van der Waals surface area contributed by atoms with Crippen molar-refractivity contribution in [2.75, 3.05) is 0 Å². The minimum absolute atomic E-state index is 0.918. The van der Waals surface area contributed by atoms with Crippen LogP contribution in [0.4, 0.5) is 0 Å². The largest absolute Gasteiger partial charge is 0.244 e. The molecule has 2 heteroatoms. The second-order valence-corrected chi connectivity index (χ2v) is 12.1. The highest BCUT2D eigenvalue weighted by Gasteiger charge is 2.14. The lowest BCUT2D eigenvalue weighted by Crippen LogP contribution is -1.91. The van der Waals surface area contributed by atoms with Crippen LogP contribution in [0.15, 0.2) is 158 Å². The second-order valence-electron chi connectivity index (χ2n) is 12.1. The number of fused-ring (bicyclic) bond motifs is 13. The Labute approximate surface area is 265 Å². The summed E-state index contributed by atoms with van der Waals surface area (Å²) in [5, 5.41) is 12.4. The van der Waals surface area contributed by atoms with Crippen LogP contribution in [0.2, 0.25) is 0 Å². The summed E-state index contributed by atoms with van der Waals surface area (Å²) in [6, 6.07) is 56.8. The molecule has 2 nitrogen and oxygen atoms in total. The third-order valence-corrected chi connectivity index (χ3v) is 9.61. The molecule has 0 unspecified atom stereocenters. The maximum atomic E-state index is 5.10. The molecule has 10 aromatic rings. The van der Waals surface area contributed by atoms with Gasteiger partial charge in [-0.2, -0.15) is 0 Å². The van der Waals surface area contributed by atoms with Gasteiger partial charge in [0.25, 0.3) is 0 Å². The zero-order valence-corrected chi connectivity index (χ0v) is 24.9. The fourth-order valence-electron chi connectivity index (χ4n) is 7.40. The Kier molecular flexibility index (Phi) is 5.31. The summed E-state index contributed by atoms with van der Waals surface area (Å²) in [7, 11) is 0. The maximum Gasteiger partial charge on any atom is 0.0979 e. The molecule has 0 bridgehead atoms. The zero-order valence-electron chi connectivity index (χ0n) is 24.9. The van der Waals surface area contributed by atoms with Crippen molar-refractivity contribution in [3.63, 3.8) is 0 Å². The van der Waals surface area contributed by atoms with Gasteiger partial charge in [0, 0.05) is 10.8 Å². The standard InChI is InChI=1S/C44H26N2/c1-2-11-33-31(9-1)32-10-3-4-12-34(32)39-25-29(21-23-36(33)39)27-17-19-28(20-18-27)30-22-24-38-40(26-30)35-13-5-6-14-37(35)43-44(38)46-42-16-8-7-15-41(42)45-43/h1-26H. The van der Waals surface area contributed by atoms with Crippen LogP contribution >= 0.6 is 0 Å². The zero-order chi connectivity index (χ0) is 30.2. The quantitative estimate of drug-likeness (QED) is 0.150. The molecule has 0 saturated heterocycles. The predicted molar refractivity (Wildman–Crippen MR) is 195 cm³/mol. The van der Waals surface area contributed by atoms with E-state index in [1.807, 2.05) is 24.3 Å². The summed E-state index contributed by atoms with van der Waals surface area (Å²) in [4.78, 5) is 10.2. The second kappa shape index (κ2) is 9.69. The molecule has 0 spiro atoms. The Morgan fingerprint density at radius 3 is 1.04 bits per heavy atom. The molecule has 0 amide bonds. The van der Waals surface area contributed by atoms with Crippen LogP contribution < -0.4 is 0 Å². The number of benzene rings is 9. The smallest absolute Gasteiger partial charge is 0.0979 e. The lowest BCUT2D eigenvalue weighted by atomic mass is 9.91. The molecule has 1 aromatic heterocycles. The Bertz CT molecular complexity index is 2810. The number of hydrogen-bond donors (Lipinski definition) is 0. The van der Waals surface area contributed by atoms with Gasteiger partial charge in [0.2, 0.25) is 0 Å². The van der Waals surface area contributed by atoms with Gasteiger partial charge >= 0.3 is 0 Å². The number of para-hydroxylation sites is 2. The fraction of sp³-hybridized carbons (Fsp3) is 0. The van der Waals surface area contributed by atoms with Gasteiger partial charge < -0.3 is 0 Å². The van der Waals surface area contributed by atoms with Crippen LogP contribution in [0.3, 0.4) is 0 Å². The summed E-state index contributed by atoms with van der Waals surface area (Å²) in [6.45, 7) is 0. The van der Waals surface area contributed by atoms with Gasteiger partial charge in [-0.25, -0.2) is 9.97 Å². The molecule has 0 N–H and O–H groups in total. The summed E-state index contributed by atoms with van der Waals surface area (Å²) >= 11 is 0. The fourth-order valence-corrected chi connectivity index (χ4v) is 7.40. The Morgan fingerprint density at radius 1 is 0.239 bits per heavy atom. The summed E-state index contributed by atoms with van der Waals surface area (Å²) in [6.07, 6.45) is 0. The van der Waals surface area contributed by atoms with Crippen molar-refractivity contribution in [2.24, 2.45) is 0 Å². The third-order valence-electron chi connectivity index (χ3n) is 9.61. The van der Waals surface area contributed by atoms with E-state index in [0.29, 0.717) is 0 Å². The molecule has 0 aliphatic carbocycles. The van der Waals surface area contributed by atoms with E-state index >= 15 is 0 Å². The average Bonchev–Trinajstić information content (AvgIpc) is 3.14. The number of aromatic nitrogens is 2. The minimum Gasteiger partial charge on any atom is -0.244 e. The normalized spacial score (nSPS) is 11.9. The molecule has 0 saturated carbocycles. The van der Waals surface area contributed by atoms with Gasteiger partial charge in [0.1, 0.15) is 0 Å². The first-order chi connectivity index (χ1) is 22.8. The highest BCUT2D eigenvalue weighted by atomic mass is 14.8. The Hall–Kier alpha value is -6.12. The van der Waals surface area contributed by atoms with Crippen molar-refractivity contribution in [1.82, 2.24) is 9.97 Å². The first kappa shape index (κ1) is 25.2. The molecule has 0 fully saturated rings. The molecule has 0 aliphatic rings. The first-order valence-electron chi connectivity index (χ1n) is 15.8. The first-order valence-corrected chi connectivity index (χ1v) is 15.8. The van der Waals surface area contributed by atoms with Crippen molar-refractivity contribution in [3.05, 3.63) is 158 Å². The molecule has 9 aromatic carbocycles. The van der Waals surface area contributed by atoms with E-state index in [1.165, 1.54) is 65.3 Å². The average molecular weight is 583 g/mol. The van der Waals surface area contributed by atoms with Crippen molar-refractivity contribution in [1.29, 1.82) is 0 Å². The predicted octanol–water partition coefficient (Wildman–Crippen LogP) is 11.9. The van der Waals surface area contributed by atoms with Gasteiger partial charge in [-0.05, 0) is 89.6 Å². The summed E-state index contributed by atoms with van der Waals surface area (Å²) in [5.41, 5.74) is 8.56. The molecular formula is C44H26N2. The lowest BCUT2D eigenvalue weighted by molar-refractivity contribution is 1.42. The van der Waals surface area contributed by atoms with E-state index in [9.17, 15) is 0 Å². The van der Waals surface area contributed by atoms with Gasteiger partial charge in [-0.15, -0.1) is 0 Å². The van der Waals surface area contributed by atoms with Crippen molar-refractivity contribution < 1.29 is 0 Å². The van der Waals surface area contributed by atoms with E-state index in [-0.39, 0.29) is 0 Å². The van der Waals surface area contributed by atoms with E-state index in [2.05, 4.69) is 133 Å². The molecule has 0 aliphatic heterocycles. The number of hydrogen-bond acceptors (Lipinski definition) is 2. The molecule has 0 atom stereocenters. The lowest BCUT2D eigenvalue weighted by Gasteiger charge is -2.13. The van der Waals surface area contributed by atoms with E-state index in [0.717, 1.165) is 32.8 Å².